The summed E-state index contributed by atoms with van der Waals surface area (Å²) in [6.07, 6.45) is 2.52. The van der Waals surface area contributed by atoms with Crippen LogP contribution in [0.2, 0.25) is 5.02 Å². The number of benzene rings is 2. The molecule has 0 aliphatic carbocycles. The highest BCUT2D eigenvalue weighted by Gasteiger charge is 2.07. The highest BCUT2D eigenvalue weighted by atomic mass is 35.5. The van der Waals surface area contributed by atoms with Crippen molar-refractivity contribution in [3.8, 4) is 0 Å². The van der Waals surface area contributed by atoms with Gasteiger partial charge in [-0.1, -0.05) is 29.8 Å². The van der Waals surface area contributed by atoms with Crippen LogP contribution in [0.15, 0.2) is 60.8 Å². The summed E-state index contributed by atoms with van der Waals surface area (Å²) in [6, 6.07) is 16.5. The van der Waals surface area contributed by atoms with Crippen molar-refractivity contribution >= 4 is 35.0 Å². The van der Waals surface area contributed by atoms with Crippen molar-refractivity contribution in [3.63, 3.8) is 0 Å². The summed E-state index contributed by atoms with van der Waals surface area (Å²) >= 11 is 5.90. The van der Waals surface area contributed by atoms with Crippen molar-refractivity contribution in [2.75, 3.05) is 24.3 Å². The second kappa shape index (κ2) is 9.00. The third-order valence-corrected chi connectivity index (χ3v) is 4.08. The van der Waals surface area contributed by atoms with Gasteiger partial charge in [-0.15, -0.1) is 0 Å². The Morgan fingerprint density at radius 3 is 2.74 bits per heavy atom. The second-order valence-electron chi connectivity index (χ2n) is 5.77. The van der Waals surface area contributed by atoms with E-state index in [4.69, 9.17) is 16.3 Å². The fourth-order valence-electron chi connectivity index (χ4n) is 2.47. The van der Waals surface area contributed by atoms with Crippen LogP contribution >= 0.6 is 11.6 Å². The van der Waals surface area contributed by atoms with Gasteiger partial charge in [-0.3, -0.25) is 0 Å². The number of methoxy groups -OCH3 is 1. The lowest BCUT2D eigenvalue weighted by atomic mass is 10.1. The average molecular weight is 383 g/mol. The third kappa shape index (κ3) is 5.43. The van der Waals surface area contributed by atoms with Crippen LogP contribution < -0.4 is 10.6 Å². The predicted octanol–water partition coefficient (Wildman–Crippen LogP) is 4.31. The molecule has 1 aromatic heterocycles. The maximum absolute atomic E-state index is 11.6. The van der Waals surface area contributed by atoms with Gasteiger partial charge >= 0.3 is 5.97 Å². The fraction of sp³-hybridized carbons (Fsp3) is 0.150. The number of esters is 1. The van der Waals surface area contributed by atoms with Crippen LogP contribution in [0.1, 0.15) is 15.9 Å². The monoisotopic (exact) mass is 382 g/mol. The van der Waals surface area contributed by atoms with Gasteiger partial charge in [0.05, 0.1) is 12.7 Å². The molecule has 1 heterocycles. The maximum Gasteiger partial charge on any atom is 0.337 e. The quantitative estimate of drug-likeness (QED) is 0.593. The van der Waals surface area contributed by atoms with Crippen molar-refractivity contribution in [1.29, 1.82) is 0 Å². The zero-order valence-corrected chi connectivity index (χ0v) is 15.5. The van der Waals surface area contributed by atoms with E-state index in [1.165, 1.54) is 12.7 Å². The molecule has 0 unspecified atom stereocenters. The molecular formula is C20H19ClN4O2. The molecular weight excluding hydrogens is 364 g/mol. The zero-order valence-electron chi connectivity index (χ0n) is 14.8. The number of halogens is 1. The van der Waals surface area contributed by atoms with Crippen LogP contribution in [0.5, 0.6) is 0 Å². The normalized spacial score (nSPS) is 10.3. The van der Waals surface area contributed by atoms with E-state index in [9.17, 15) is 4.79 Å². The van der Waals surface area contributed by atoms with Crippen molar-refractivity contribution < 1.29 is 9.53 Å². The number of aromatic nitrogens is 2. The number of rotatable bonds is 7. The lowest BCUT2D eigenvalue weighted by Gasteiger charge is -2.09. The van der Waals surface area contributed by atoms with Gasteiger partial charge in [-0.05, 0) is 48.4 Å². The Morgan fingerprint density at radius 1 is 1.15 bits per heavy atom. The summed E-state index contributed by atoms with van der Waals surface area (Å²) in [4.78, 5) is 20.3. The largest absolute Gasteiger partial charge is 0.465 e. The number of hydrogen-bond acceptors (Lipinski definition) is 6. The summed E-state index contributed by atoms with van der Waals surface area (Å²) < 4.78 is 4.73. The van der Waals surface area contributed by atoms with E-state index in [1.54, 1.807) is 30.5 Å². The number of nitrogens with zero attached hydrogens (tertiary/aromatic N) is 2. The lowest BCUT2D eigenvalue weighted by Crippen LogP contribution is -2.08. The summed E-state index contributed by atoms with van der Waals surface area (Å²) in [5, 5.41) is 7.10. The van der Waals surface area contributed by atoms with Crippen molar-refractivity contribution in [3.05, 3.63) is 76.9 Å². The molecule has 0 atom stereocenters. The summed E-state index contributed by atoms with van der Waals surface area (Å²) in [7, 11) is 1.35. The highest BCUT2D eigenvalue weighted by Crippen LogP contribution is 2.16. The Morgan fingerprint density at radius 2 is 1.96 bits per heavy atom. The lowest BCUT2D eigenvalue weighted by molar-refractivity contribution is 0.0601. The van der Waals surface area contributed by atoms with Crippen molar-refractivity contribution in [2.45, 2.75) is 6.42 Å². The number of carbonyl (C=O) groups excluding carboxylic acids is 1. The zero-order chi connectivity index (χ0) is 19.1. The Kier molecular flexibility index (Phi) is 6.22. The van der Waals surface area contributed by atoms with Gasteiger partial charge in [-0.2, -0.15) is 4.98 Å². The smallest absolute Gasteiger partial charge is 0.337 e. The number of ether oxygens (including phenoxy) is 1. The van der Waals surface area contributed by atoms with Crippen LogP contribution in [0.25, 0.3) is 0 Å². The molecule has 6 nitrogen and oxygen atoms in total. The minimum Gasteiger partial charge on any atom is -0.465 e. The first-order valence-electron chi connectivity index (χ1n) is 8.41. The molecule has 27 heavy (non-hydrogen) atoms. The van der Waals surface area contributed by atoms with E-state index < -0.39 is 5.97 Å². The molecule has 0 radical (unpaired) electrons. The molecule has 3 rings (SSSR count). The number of hydrogen-bond donors (Lipinski definition) is 2. The second-order valence-corrected chi connectivity index (χ2v) is 6.20. The Labute approximate surface area is 162 Å². The molecule has 0 spiro atoms. The minimum atomic E-state index is -0.391. The minimum absolute atomic E-state index is 0.391. The number of carbonyl (C=O) groups is 1. The molecule has 0 amide bonds. The molecule has 0 saturated heterocycles. The molecule has 0 fully saturated rings. The highest BCUT2D eigenvalue weighted by molar-refractivity contribution is 6.30. The van der Waals surface area contributed by atoms with E-state index >= 15 is 0 Å². The van der Waals surface area contributed by atoms with Gasteiger partial charge < -0.3 is 15.4 Å². The molecule has 2 N–H and O–H groups in total. The summed E-state index contributed by atoms with van der Waals surface area (Å²) in [5.74, 6) is 0.760. The van der Waals surface area contributed by atoms with Gasteiger partial charge in [0, 0.05) is 23.5 Å². The number of nitrogens with one attached hydrogen (secondary N) is 2. The standard InChI is InChI=1S/C20H19ClN4O2/c1-27-19(26)15-3-2-4-17(13-15)24-20-23-12-10-18(25-20)22-11-9-14-5-7-16(21)8-6-14/h2-8,10,12-13H,9,11H2,1H3,(H2,22,23,24,25). The first-order valence-corrected chi connectivity index (χ1v) is 8.78. The van der Waals surface area contributed by atoms with Gasteiger partial charge in [0.25, 0.3) is 0 Å². The van der Waals surface area contributed by atoms with E-state index in [1.807, 2.05) is 30.3 Å². The van der Waals surface area contributed by atoms with E-state index in [-0.39, 0.29) is 0 Å². The first-order chi connectivity index (χ1) is 13.1. The van der Waals surface area contributed by atoms with Gasteiger partial charge in [0.15, 0.2) is 0 Å². The van der Waals surface area contributed by atoms with Crippen LogP contribution in [0.4, 0.5) is 17.5 Å². The molecule has 2 aromatic carbocycles. The topological polar surface area (TPSA) is 76.1 Å². The summed E-state index contributed by atoms with van der Waals surface area (Å²) in [6.45, 7) is 0.732. The van der Waals surface area contributed by atoms with E-state index in [2.05, 4.69) is 20.6 Å². The number of anilines is 3. The predicted molar refractivity (Wildman–Crippen MR) is 107 cm³/mol. The third-order valence-electron chi connectivity index (χ3n) is 3.83. The first kappa shape index (κ1) is 18.7. The van der Waals surface area contributed by atoms with Crippen molar-refractivity contribution in [1.82, 2.24) is 9.97 Å². The van der Waals surface area contributed by atoms with E-state index in [0.717, 1.165) is 18.0 Å². The molecule has 7 heteroatoms. The molecule has 0 bridgehead atoms. The van der Waals surface area contributed by atoms with Gasteiger partial charge in [-0.25, -0.2) is 9.78 Å². The Hall–Kier alpha value is -3.12. The van der Waals surface area contributed by atoms with Crippen LogP contribution in [0.3, 0.4) is 0 Å². The SMILES string of the molecule is COC(=O)c1cccc(Nc2nccc(NCCc3ccc(Cl)cc3)n2)c1. The Balaban J connectivity index is 1.60. The molecule has 0 aliphatic heterocycles. The average Bonchev–Trinajstić information content (AvgIpc) is 2.69. The molecule has 0 saturated carbocycles. The van der Waals surface area contributed by atoms with Gasteiger partial charge in [0.2, 0.25) is 5.95 Å². The molecule has 138 valence electrons. The van der Waals surface area contributed by atoms with Crippen LogP contribution in [0, 0.1) is 0 Å². The van der Waals surface area contributed by atoms with Crippen LogP contribution in [-0.4, -0.2) is 29.6 Å². The van der Waals surface area contributed by atoms with Crippen LogP contribution in [-0.2, 0) is 11.2 Å². The molecule has 0 aliphatic rings. The molecule has 3 aromatic rings. The maximum atomic E-state index is 11.6. The Bertz CT molecular complexity index is 916. The fourth-order valence-corrected chi connectivity index (χ4v) is 2.60. The van der Waals surface area contributed by atoms with E-state index in [0.29, 0.717) is 23.0 Å². The van der Waals surface area contributed by atoms with Gasteiger partial charge in [0.1, 0.15) is 5.82 Å². The van der Waals surface area contributed by atoms with Crippen molar-refractivity contribution in [2.24, 2.45) is 0 Å². The summed E-state index contributed by atoms with van der Waals surface area (Å²) in [5.41, 5.74) is 2.36.